The number of benzene rings is 1. The van der Waals surface area contributed by atoms with E-state index in [1.807, 2.05) is 0 Å². The zero-order valence-corrected chi connectivity index (χ0v) is 12.2. The maximum Gasteiger partial charge on any atom is 0.390 e. The van der Waals surface area contributed by atoms with Crippen molar-refractivity contribution >= 4 is 23.3 Å². The number of carbonyl (C=O) groups is 1. The van der Waals surface area contributed by atoms with Crippen molar-refractivity contribution in [3.63, 3.8) is 0 Å². The van der Waals surface area contributed by atoms with Crippen molar-refractivity contribution in [1.82, 2.24) is 4.90 Å². The fourth-order valence-electron chi connectivity index (χ4n) is 1.62. The van der Waals surface area contributed by atoms with E-state index in [0.29, 0.717) is 10.7 Å². The van der Waals surface area contributed by atoms with E-state index in [0.717, 1.165) is 4.90 Å². The number of amides is 2. The highest BCUT2D eigenvalue weighted by molar-refractivity contribution is 6.30. The number of hydrogen-bond acceptors (Lipinski definition) is 3. The summed E-state index contributed by atoms with van der Waals surface area (Å²) in [6, 6.07) is 5.28. The van der Waals surface area contributed by atoms with Crippen LogP contribution >= 0.6 is 11.6 Å². The number of halogens is 4. The third-order valence-electron chi connectivity index (χ3n) is 2.67. The van der Waals surface area contributed by atoms with Gasteiger partial charge in [0.2, 0.25) is 0 Å². The zero-order chi connectivity index (χ0) is 16.8. The van der Waals surface area contributed by atoms with Gasteiger partial charge in [-0.1, -0.05) is 17.7 Å². The smallest absolute Gasteiger partial charge is 0.390 e. The Morgan fingerprint density at radius 2 is 2.09 bits per heavy atom. The van der Waals surface area contributed by atoms with Crippen molar-refractivity contribution in [2.45, 2.75) is 18.7 Å². The van der Waals surface area contributed by atoms with Crippen molar-refractivity contribution in [3.8, 4) is 0 Å². The van der Waals surface area contributed by atoms with Gasteiger partial charge >= 0.3 is 12.2 Å². The molecule has 124 valence electrons. The van der Waals surface area contributed by atoms with E-state index in [9.17, 15) is 23.1 Å². The molecule has 0 heterocycles. The number of hydrogen-bond donors (Lipinski definition) is 3. The minimum atomic E-state index is -4.43. The van der Waals surface area contributed by atoms with E-state index < -0.39 is 44.4 Å². The van der Waals surface area contributed by atoms with Gasteiger partial charge in [-0.3, -0.25) is 0 Å². The average molecular weight is 341 g/mol. The summed E-state index contributed by atoms with van der Waals surface area (Å²) in [6.45, 7) is -1.71. The summed E-state index contributed by atoms with van der Waals surface area (Å²) in [4.78, 5) is 12.8. The normalized spacial score (nSPS) is 12.8. The SMILES string of the molecule is O=C(Nc1cccc(Cl)c1)N(CCC(F)(F)F)C[C@H](O)CO. The highest BCUT2D eigenvalue weighted by Crippen LogP contribution is 2.20. The van der Waals surface area contributed by atoms with Gasteiger partial charge < -0.3 is 20.4 Å². The van der Waals surface area contributed by atoms with Gasteiger partial charge in [0.1, 0.15) is 0 Å². The van der Waals surface area contributed by atoms with Gasteiger partial charge in [-0.2, -0.15) is 13.2 Å². The first-order chi connectivity index (χ1) is 10.2. The predicted octanol–water partition coefficient (Wildman–Crippen LogP) is 2.48. The zero-order valence-electron chi connectivity index (χ0n) is 11.5. The molecule has 0 aliphatic rings. The second-order valence-electron chi connectivity index (χ2n) is 4.59. The molecule has 0 spiro atoms. The van der Waals surface area contributed by atoms with Crippen LogP contribution in [0, 0.1) is 0 Å². The van der Waals surface area contributed by atoms with Gasteiger partial charge in [-0.25, -0.2) is 4.79 Å². The van der Waals surface area contributed by atoms with E-state index in [1.54, 1.807) is 12.1 Å². The van der Waals surface area contributed by atoms with Crippen LogP contribution in [0.2, 0.25) is 5.02 Å². The largest absolute Gasteiger partial charge is 0.394 e. The molecule has 0 bridgehead atoms. The molecule has 0 aromatic heterocycles. The molecule has 1 rings (SSSR count). The van der Waals surface area contributed by atoms with Gasteiger partial charge in [0.25, 0.3) is 0 Å². The van der Waals surface area contributed by atoms with Crippen LogP contribution in [0.25, 0.3) is 0 Å². The molecule has 0 aliphatic heterocycles. The third kappa shape index (κ3) is 6.97. The van der Waals surface area contributed by atoms with Crippen LogP contribution < -0.4 is 5.32 Å². The molecule has 5 nitrogen and oxygen atoms in total. The Kier molecular flexibility index (Phi) is 6.92. The van der Waals surface area contributed by atoms with E-state index in [1.165, 1.54) is 12.1 Å². The first-order valence-corrected chi connectivity index (χ1v) is 6.76. The molecule has 22 heavy (non-hydrogen) atoms. The fourth-order valence-corrected chi connectivity index (χ4v) is 1.81. The van der Waals surface area contributed by atoms with Crippen LogP contribution in [-0.2, 0) is 0 Å². The van der Waals surface area contributed by atoms with Crippen molar-refractivity contribution in [1.29, 1.82) is 0 Å². The summed E-state index contributed by atoms with van der Waals surface area (Å²) in [5.74, 6) is 0. The molecule has 0 fully saturated rings. The molecule has 0 unspecified atom stereocenters. The number of nitrogens with zero attached hydrogens (tertiary/aromatic N) is 1. The molecule has 0 saturated carbocycles. The van der Waals surface area contributed by atoms with Crippen molar-refractivity contribution in [2.75, 3.05) is 25.0 Å². The third-order valence-corrected chi connectivity index (χ3v) is 2.91. The first-order valence-electron chi connectivity index (χ1n) is 6.38. The van der Waals surface area contributed by atoms with Gasteiger partial charge in [-0.05, 0) is 18.2 Å². The summed E-state index contributed by atoms with van der Waals surface area (Å²) in [7, 11) is 0. The van der Waals surface area contributed by atoms with Gasteiger partial charge in [0.05, 0.1) is 25.7 Å². The molecular weight excluding hydrogens is 325 g/mol. The maximum absolute atomic E-state index is 12.3. The quantitative estimate of drug-likeness (QED) is 0.745. The predicted molar refractivity (Wildman–Crippen MR) is 75.8 cm³/mol. The van der Waals surface area contributed by atoms with Gasteiger partial charge in [-0.15, -0.1) is 0 Å². The molecule has 9 heteroatoms. The lowest BCUT2D eigenvalue weighted by Gasteiger charge is -2.25. The Hall–Kier alpha value is -1.51. The van der Waals surface area contributed by atoms with Crippen molar-refractivity contribution < 1.29 is 28.2 Å². The second-order valence-corrected chi connectivity index (χ2v) is 5.02. The monoisotopic (exact) mass is 340 g/mol. The van der Waals surface area contributed by atoms with E-state index in [4.69, 9.17) is 16.7 Å². The lowest BCUT2D eigenvalue weighted by Crippen LogP contribution is -2.42. The molecule has 0 aliphatic carbocycles. The van der Waals surface area contributed by atoms with Crippen molar-refractivity contribution in [2.24, 2.45) is 0 Å². The van der Waals surface area contributed by atoms with Crippen LogP contribution in [0.1, 0.15) is 6.42 Å². The molecule has 2 amide bonds. The topological polar surface area (TPSA) is 72.8 Å². The Balaban J connectivity index is 2.73. The Bertz CT molecular complexity index is 500. The van der Waals surface area contributed by atoms with Crippen LogP contribution in [0.5, 0.6) is 0 Å². The second kappa shape index (κ2) is 8.21. The average Bonchev–Trinajstić information content (AvgIpc) is 2.42. The number of urea groups is 1. The number of alkyl halides is 3. The van der Waals surface area contributed by atoms with Crippen LogP contribution in [-0.4, -0.2) is 53.1 Å². The van der Waals surface area contributed by atoms with E-state index >= 15 is 0 Å². The number of aliphatic hydroxyl groups is 2. The summed E-state index contributed by atoms with van der Waals surface area (Å²) in [5, 5.41) is 20.9. The van der Waals surface area contributed by atoms with Gasteiger partial charge in [0.15, 0.2) is 0 Å². The van der Waals surface area contributed by atoms with E-state index in [-0.39, 0.29) is 0 Å². The minimum Gasteiger partial charge on any atom is -0.394 e. The van der Waals surface area contributed by atoms with Crippen molar-refractivity contribution in [3.05, 3.63) is 29.3 Å². The molecule has 0 radical (unpaired) electrons. The molecule has 1 atom stereocenters. The molecule has 1 aromatic rings. The lowest BCUT2D eigenvalue weighted by molar-refractivity contribution is -0.137. The first kappa shape index (κ1) is 18.5. The van der Waals surface area contributed by atoms with Crippen LogP contribution in [0.3, 0.4) is 0 Å². The van der Waals surface area contributed by atoms with Crippen LogP contribution in [0.4, 0.5) is 23.7 Å². The molecule has 3 N–H and O–H groups in total. The van der Waals surface area contributed by atoms with Crippen LogP contribution in [0.15, 0.2) is 24.3 Å². The Labute approximate surface area is 130 Å². The molecule has 0 saturated heterocycles. The number of aliphatic hydroxyl groups excluding tert-OH is 2. The van der Waals surface area contributed by atoms with Gasteiger partial charge in [0, 0.05) is 17.3 Å². The minimum absolute atomic E-state index is 0.313. The highest BCUT2D eigenvalue weighted by atomic mass is 35.5. The maximum atomic E-state index is 12.3. The number of rotatable bonds is 6. The number of carbonyl (C=O) groups excluding carboxylic acids is 1. The molecule has 1 aromatic carbocycles. The number of nitrogens with one attached hydrogen (secondary N) is 1. The highest BCUT2D eigenvalue weighted by Gasteiger charge is 2.29. The molecular formula is C13H16ClF3N2O3. The lowest BCUT2D eigenvalue weighted by atomic mass is 10.3. The fraction of sp³-hybridized carbons (Fsp3) is 0.462. The Morgan fingerprint density at radius 3 is 2.64 bits per heavy atom. The standard InChI is InChI=1S/C13H16ClF3N2O3/c14-9-2-1-3-10(6-9)18-12(22)19(7-11(21)8-20)5-4-13(15,16)17/h1-3,6,11,20-21H,4-5,7-8H2,(H,18,22)/t11-/m0/s1. The number of anilines is 1. The Morgan fingerprint density at radius 1 is 1.41 bits per heavy atom. The summed E-state index contributed by atoms with van der Waals surface area (Å²) < 4.78 is 36.9. The van der Waals surface area contributed by atoms with E-state index in [2.05, 4.69) is 5.32 Å². The summed E-state index contributed by atoms with van der Waals surface area (Å²) in [5.41, 5.74) is 0.313. The summed E-state index contributed by atoms with van der Waals surface area (Å²) >= 11 is 5.75. The summed E-state index contributed by atoms with van der Waals surface area (Å²) in [6.07, 6.45) is -6.97.